The molecule has 8 nitrogen and oxygen atoms in total. The molecule has 0 atom stereocenters. The summed E-state index contributed by atoms with van der Waals surface area (Å²) in [6.07, 6.45) is 5.45. The lowest BCUT2D eigenvalue weighted by Gasteiger charge is -2.32. The lowest BCUT2D eigenvalue weighted by Crippen LogP contribution is -2.48. The number of carbonyl (C=O) groups excluding carboxylic acids is 1. The molecular formula is C32H30ClFN6O2. The molecule has 1 aliphatic rings. The SMILES string of the molecule is CN1CCN(C(=O)Cn2ccc(-c3ccc4ncnc(Nc5ccc(OCc6cccc(F)c6)c(Cl)c5)c4c3)c2)CC1. The van der Waals surface area contributed by atoms with Crippen LogP contribution in [-0.2, 0) is 17.9 Å². The van der Waals surface area contributed by atoms with Crippen LogP contribution in [0.3, 0.4) is 0 Å². The molecule has 42 heavy (non-hydrogen) atoms. The minimum absolute atomic E-state index is 0.132. The Morgan fingerprint density at radius 2 is 1.86 bits per heavy atom. The Morgan fingerprint density at radius 1 is 1.00 bits per heavy atom. The summed E-state index contributed by atoms with van der Waals surface area (Å²) in [7, 11) is 2.08. The van der Waals surface area contributed by atoms with Crippen molar-refractivity contribution in [3.63, 3.8) is 0 Å². The molecule has 0 saturated carbocycles. The largest absolute Gasteiger partial charge is 0.487 e. The Balaban J connectivity index is 1.16. The fourth-order valence-electron chi connectivity index (χ4n) is 4.98. The van der Waals surface area contributed by atoms with Crippen LogP contribution >= 0.6 is 11.6 Å². The van der Waals surface area contributed by atoms with Gasteiger partial charge >= 0.3 is 0 Å². The molecule has 1 aliphatic heterocycles. The number of fused-ring (bicyclic) bond motifs is 1. The van der Waals surface area contributed by atoms with Crippen LogP contribution in [0.5, 0.6) is 5.75 Å². The Labute approximate surface area is 248 Å². The molecule has 0 spiro atoms. The van der Waals surface area contributed by atoms with Gasteiger partial charge in [0.2, 0.25) is 5.91 Å². The fourth-order valence-corrected chi connectivity index (χ4v) is 5.21. The van der Waals surface area contributed by atoms with E-state index in [1.165, 1.54) is 18.5 Å². The van der Waals surface area contributed by atoms with E-state index in [1.807, 2.05) is 52.2 Å². The number of ether oxygens (including phenoxy) is 1. The van der Waals surface area contributed by atoms with Crippen molar-refractivity contribution in [1.29, 1.82) is 0 Å². The highest BCUT2D eigenvalue weighted by molar-refractivity contribution is 6.32. The van der Waals surface area contributed by atoms with Crippen LogP contribution in [0, 0.1) is 5.82 Å². The van der Waals surface area contributed by atoms with Crippen molar-refractivity contribution in [2.45, 2.75) is 13.2 Å². The van der Waals surface area contributed by atoms with Gasteiger partial charge in [-0.2, -0.15) is 0 Å². The first-order chi connectivity index (χ1) is 20.4. The molecule has 2 aromatic heterocycles. The van der Waals surface area contributed by atoms with Crippen molar-refractivity contribution in [3.8, 4) is 16.9 Å². The van der Waals surface area contributed by atoms with Gasteiger partial charge in [0.1, 0.15) is 36.9 Å². The maximum absolute atomic E-state index is 13.5. The minimum Gasteiger partial charge on any atom is -0.487 e. The van der Waals surface area contributed by atoms with E-state index in [0.717, 1.165) is 53.9 Å². The second-order valence-corrected chi connectivity index (χ2v) is 10.8. The molecule has 0 bridgehead atoms. The van der Waals surface area contributed by atoms with Gasteiger partial charge in [0.15, 0.2) is 0 Å². The van der Waals surface area contributed by atoms with Gasteiger partial charge < -0.3 is 24.4 Å². The van der Waals surface area contributed by atoms with Crippen molar-refractivity contribution < 1.29 is 13.9 Å². The molecule has 1 saturated heterocycles. The highest BCUT2D eigenvalue weighted by Gasteiger charge is 2.19. The normalized spacial score (nSPS) is 13.8. The summed E-state index contributed by atoms with van der Waals surface area (Å²) in [5.74, 6) is 0.955. The molecule has 6 rings (SSSR count). The Morgan fingerprint density at radius 3 is 2.67 bits per heavy atom. The highest BCUT2D eigenvalue weighted by Crippen LogP contribution is 2.32. The third-order valence-electron chi connectivity index (χ3n) is 7.37. The lowest BCUT2D eigenvalue weighted by molar-refractivity contribution is -0.133. The van der Waals surface area contributed by atoms with E-state index in [0.29, 0.717) is 28.7 Å². The van der Waals surface area contributed by atoms with E-state index in [4.69, 9.17) is 16.3 Å². The standard InChI is InChI=1S/C32H30ClFN6O2/c1-38-11-13-40(14-12-38)31(41)19-39-10-9-24(18-39)23-5-7-29-27(16-23)32(36-21-35-29)37-26-6-8-30(28(33)17-26)42-20-22-3-2-4-25(34)15-22/h2-10,15-18,21H,11-14,19-20H2,1H3,(H,35,36,37). The number of halogens is 2. The third kappa shape index (κ3) is 6.37. The van der Waals surface area contributed by atoms with Crippen LogP contribution in [0.2, 0.25) is 5.02 Å². The van der Waals surface area contributed by atoms with Gasteiger partial charge in [0.05, 0.1) is 10.5 Å². The molecule has 1 fully saturated rings. The summed E-state index contributed by atoms with van der Waals surface area (Å²) in [5, 5.41) is 4.61. The molecule has 214 valence electrons. The molecule has 3 aromatic carbocycles. The minimum atomic E-state index is -0.309. The average molecular weight is 585 g/mol. The van der Waals surface area contributed by atoms with Gasteiger partial charge in [-0.05, 0) is 72.3 Å². The Hall–Kier alpha value is -4.47. The van der Waals surface area contributed by atoms with Gasteiger partial charge in [0.25, 0.3) is 0 Å². The predicted molar refractivity (Wildman–Crippen MR) is 163 cm³/mol. The van der Waals surface area contributed by atoms with Gasteiger partial charge in [-0.15, -0.1) is 0 Å². The zero-order valence-electron chi connectivity index (χ0n) is 23.1. The molecule has 1 N–H and O–H groups in total. The van der Waals surface area contributed by atoms with Crippen LogP contribution < -0.4 is 10.1 Å². The Bertz CT molecular complexity index is 1730. The summed E-state index contributed by atoms with van der Waals surface area (Å²) in [4.78, 5) is 25.9. The summed E-state index contributed by atoms with van der Waals surface area (Å²) < 4.78 is 21.2. The first-order valence-electron chi connectivity index (χ1n) is 13.7. The number of hydrogen-bond acceptors (Lipinski definition) is 6. The number of hydrogen-bond donors (Lipinski definition) is 1. The number of benzene rings is 3. The van der Waals surface area contributed by atoms with Crippen molar-refractivity contribution >= 4 is 39.9 Å². The van der Waals surface area contributed by atoms with Crippen molar-refractivity contribution in [1.82, 2.24) is 24.3 Å². The van der Waals surface area contributed by atoms with Crippen LogP contribution in [0.15, 0.2) is 85.5 Å². The van der Waals surface area contributed by atoms with E-state index in [-0.39, 0.29) is 18.3 Å². The number of nitrogens with one attached hydrogen (secondary N) is 1. The second-order valence-electron chi connectivity index (χ2n) is 10.4. The quantitative estimate of drug-likeness (QED) is 0.242. The van der Waals surface area contributed by atoms with E-state index in [2.05, 4.69) is 27.2 Å². The fraction of sp³-hybridized carbons (Fsp3) is 0.219. The van der Waals surface area contributed by atoms with Crippen molar-refractivity contribution in [3.05, 3.63) is 102 Å². The van der Waals surface area contributed by atoms with Crippen LogP contribution in [0.1, 0.15) is 5.56 Å². The summed E-state index contributed by atoms with van der Waals surface area (Å²) in [5.41, 5.74) is 4.23. The molecular weight excluding hydrogens is 555 g/mol. The number of aromatic nitrogens is 3. The number of rotatable bonds is 8. The number of piperazine rings is 1. The summed E-state index contributed by atoms with van der Waals surface area (Å²) in [6.45, 7) is 3.85. The van der Waals surface area contributed by atoms with Crippen LogP contribution in [0.25, 0.3) is 22.0 Å². The zero-order chi connectivity index (χ0) is 29.1. The Kier molecular flexibility index (Phi) is 8.03. The third-order valence-corrected chi connectivity index (χ3v) is 7.67. The first-order valence-corrected chi connectivity index (χ1v) is 14.1. The molecule has 0 aliphatic carbocycles. The zero-order valence-corrected chi connectivity index (χ0v) is 23.9. The van der Waals surface area contributed by atoms with Crippen LogP contribution in [-0.4, -0.2) is 63.5 Å². The molecule has 3 heterocycles. The van der Waals surface area contributed by atoms with E-state index in [9.17, 15) is 9.18 Å². The van der Waals surface area contributed by atoms with E-state index >= 15 is 0 Å². The smallest absolute Gasteiger partial charge is 0.242 e. The second kappa shape index (κ2) is 12.2. The summed E-state index contributed by atoms with van der Waals surface area (Å²) in [6, 6.07) is 19.7. The van der Waals surface area contributed by atoms with Gasteiger partial charge in [-0.25, -0.2) is 14.4 Å². The van der Waals surface area contributed by atoms with Gasteiger partial charge in [-0.3, -0.25) is 4.79 Å². The maximum atomic E-state index is 13.5. The van der Waals surface area contributed by atoms with Gasteiger partial charge in [0, 0.05) is 49.6 Å². The summed E-state index contributed by atoms with van der Waals surface area (Å²) >= 11 is 6.51. The first kappa shape index (κ1) is 27.7. The monoisotopic (exact) mass is 584 g/mol. The van der Waals surface area contributed by atoms with Gasteiger partial charge in [-0.1, -0.05) is 29.8 Å². The van der Waals surface area contributed by atoms with E-state index in [1.54, 1.807) is 24.3 Å². The predicted octanol–water partition coefficient (Wildman–Crippen LogP) is 5.99. The van der Waals surface area contributed by atoms with Crippen molar-refractivity contribution in [2.75, 3.05) is 38.5 Å². The molecule has 0 unspecified atom stereocenters. The average Bonchev–Trinajstić information content (AvgIpc) is 3.45. The number of nitrogens with zero attached hydrogens (tertiary/aromatic N) is 5. The number of amides is 1. The molecule has 10 heteroatoms. The van der Waals surface area contributed by atoms with Crippen molar-refractivity contribution in [2.24, 2.45) is 0 Å². The highest BCUT2D eigenvalue weighted by atomic mass is 35.5. The topological polar surface area (TPSA) is 75.5 Å². The molecule has 5 aromatic rings. The molecule has 0 radical (unpaired) electrons. The maximum Gasteiger partial charge on any atom is 0.242 e. The van der Waals surface area contributed by atoms with E-state index < -0.39 is 0 Å². The number of carbonyl (C=O) groups is 1. The lowest BCUT2D eigenvalue weighted by atomic mass is 10.1. The number of anilines is 2. The number of likely N-dealkylation sites (N-methyl/N-ethyl adjacent to an activating group) is 1. The van der Waals surface area contributed by atoms with Crippen LogP contribution in [0.4, 0.5) is 15.9 Å². The molecule has 1 amide bonds.